The Morgan fingerprint density at radius 2 is 1.77 bits per heavy atom. The van der Waals surface area contributed by atoms with Crippen molar-refractivity contribution in [3.05, 3.63) is 27.2 Å². The van der Waals surface area contributed by atoms with Gasteiger partial charge in [0.15, 0.2) is 6.29 Å². The highest BCUT2D eigenvalue weighted by Crippen LogP contribution is 2.33. The van der Waals surface area contributed by atoms with Gasteiger partial charge in [0.05, 0.1) is 15.1 Å². The smallest absolute Gasteiger partial charge is 0.157 e. The van der Waals surface area contributed by atoms with E-state index < -0.39 is 0 Å². The van der Waals surface area contributed by atoms with Crippen LogP contribution in [0.15, 0.2) is 12.1 Å². The summed E-state index contributed by atoms with van der Waals surface area (Å²) in [6.07, 6.45) is 0.635. The second-order valence-electron chi connectivity index (χ2n) is 2.18. The molecule has 1 rings (SSSR count). The van der Waals surface area contributed by atoms with Crippen molar-refractivity contribution < 1.29 is 9.53 Å². The summed E-state index contributed by atoms with van der Waals surface area (Å²) in [5, 5.41) is 0.881. The van der Waals surface area contributed by atoms with E-state index in [-0.39, 0.29) is 11.6 Å². The average Bonchev–Trinajstić information content (AvgIpc) is 2.10. The number of aldehydes is 1. The van der Waals surface area contributed by atoms with Crippen molar-refractivity contribution in [1.82, 2.24) is 0 Å². The van der Waals surface area contributed by atoms with Crippen LogP contribution in [-0.4, -0.2) is 12.9 Å². The van der Waals surface area contributed by atoms with Crippen molar-refractivity contribution >= 4 is 41.1 Å². The summed E-state index contributed by atoms with van der Waals surface area (Å²) in [7, 11) is 0. The molecule has 0 saturated heterocycles. The second kappa shape index (κ2) is 4.70. The van der Waals surface area contributed by atoms with E-state index in [1.165, 1.54) is 12.1 Å². The van der Waals surface area contributed by atoms with E-state index in [1.807, 2.05) is 0 Å². The highest BCUT2D eigenvalue weighted by molar-refractivity contribution is 6.48. The van der Waals surface area contributed by atoms with Crippen molar-refractivity contribution in [2.75, 3.05) is 6.61 Å². The van der Waals surface area contributed by atoms with Gasteiger partial charge in [0, 0.05) is 12.1 Å². The summed E-state index contributed by atoms with van der Waals surface area (Å²) < 4.78 is 4.98. The SMILES string of the molecule is O=CCOc1cc(Cl)c(Cl)c(Cl)c1. The molecule has 0 bridgehead atoms. The van der Waals surface area contributed by atoms with Crippen LogP contribution in [-0.2, 0) is 4.79 Å². The van der Waals surface area contributed by atoms with E-state index in [0.717, 1.165) is 0 Å². The van der Waals surface area contributed by atoms with Crippen LogP contribution in [0.5, 0.6) is 5.75 Å². The molecule has 0 saturated carbocycles. The standard InChI is InChI=1S/C8H5Cl3O2/c9-6-3-5(13-2-1-12)4-7(10)8(6)11/h1,3-4H,2H2. The zero-order valence-electron chi connectivity index (χ0n) is 6.39. The van der Waals surface area contributed by atoms with Crippen LogP contribution in [0, 0.1) is 0 Å². The number of ether oxygens (including phenoxy) is 1. The minimum absolute atomic E-state index is 0.0334. The molecule has 0 heterocycles. The number of benzene rings is 1. The normalized spacial score (nSPS) is 9.77. The van der Waals surface area contributed by atoms with E-state index in [1.54, 1.807) is 0 Å². The van der Waals surface area contributed by atoms with Gasteiger partial charge in [-0.15, -0.1) is 0 Å². The molecule has 0 atom stereocenters. The van der Waals surface area contributed by atoms with Crippen molar-refractivity contribution in [3.8, 4) is 5.75 Å². The first kappa shape index (κ1) is 10.6. The van der Waals surface area contributed by atoms with E-state index in [0.29, 0.717) is 22.1 Å². The maximum absolute atomic E-state index is 10.00. The maximum Gasteiger partial charge on any atom is 0.157 e. The van der Waals surface area contributed by atoms with Crippen LogP contribution in [0.4, 0.5) is 0 Å². The van der Waals surface area contributed by atoms with Gasteiger partial charge in [-0.05, 0) is 0 Å². The molecule has 0 N–H and O–H groups in total. The minimum Gasteiger partial charge on any atom is -0.486 e. The molecule has 5 heteroatoms. The summed E-state index contributed by atoms with van der Waals surface area (Å²) >= 11 is 17.1. The molecule has 0 spiro atoms. The van der Waals surface area contributed by atoms with Gasteiger partial charge in [0.2, 0.25) is 0 Å². The Morgan fingerprint density at radius 3 is 2.23 bits per heavy atom. The van der Waals surface area contributed by atoms with Gasteiger partial charge < -0.3 is 4.74 Å². The number of hydrogen-bond acceptors (Lipinski definition) is 2. The van der Waals surface area contributed by atoms with E-state index in [9.17, 15) is 4.79 Å². The van der Waals surface area contributed by atoms with E-state index in [2.05, 4.69) is 0 Å². The van der Waals surface area contributed by atoms with E-state index in [4.69, 9.17) is 39.5 Å². The third-order valence-corrected chi connectivity index (χ3v) is 2.47. The molecule has 0 aromatic heterocycles. The van der Waals surface area contributed by atoms with Gasteiger partial charge in [-0.3, -0.25) is 4.79 Å². The topological polar surface area (TPSA) is 26.3 Å². The second-order valence-corrected chi connectivity index (χ2v) is 3.37. The molecule has 0 aliphatic heterocycles. The lowest BCUT2D eigenvalue weighted by Gasteiger charge is -2.04. The Kier molecular flexibility index (Phi) is 3.85. The Labute approximate surface area is 90.3 Å². The van der Waals surface area contributed by atoms with Crippen molar-refractivity contribution in [3.63, 3.8) is 0 Å². The lowest BCUT2D eigenvalue weighted by atomic mass is 10.3. The van der Waals surface area contributed by atoms with Gasteiger partial charge in [0.25, 0.3) is 0 Å². The van der Waals surface area contributed by atoms with Gasteiger partial charge in [0.1, 0.15) is 12.4 Å². The molecule has 70 valence electrons. The van der Waals surface area contributed by atoms with Crippen LogP contribution in [0.2, 0.25) is 15.1 Å². The van der Waals surface area contributed by atoms with Crippen LogP contribution in [0.25, 0.3) is 0 Å². The number of rotatable bonds is 3. The van der Waals surface area contributed by atoms with Gasteiger partial charge >= 0.3 is 0 Å². The largest absolute Gasteiger partial charge is 0.486 e. The molecule has 0 radical (unpaired) electrons. The zero-order chi connectivity index (χ0) is 9.84. The molecule has 0 aliphatic carbocycles. The first-order valence-electron chi connectivity index (χ1n) is 3.36. The van der Waals surface area contributed by atoms with Crippen molar-refractivity contribution in [1.29, 1.82) is 0 Å². The highest BCUT2D eigenvalue weighted by Gasteiger charge is 2.05. The van der Waals surface area contributed by atoms with E-state index >= 15 is 0 Å². The number of hydrogen-bond donors (Lipinski definition) is 0. The van der Waals surface area contributed by atoms with Crippen molar-refractivity contribution in [2.24, 2.45) is 0 Å². The monoisotopic (exact) mass is 238 g/mol. The quantitative estimate of drug-likeness (QED) is 0.598. The third-order valence-electron chi connectivity index (χ3n) is 1.28. The van der Waals surface area contributed by atoms with Crippen LogP contribution in [0.1, 0.15) is 0 Å². The lowest BCUT2D eigenvalue weighted by molar-refractivity contribution is -0.109. The lowest BCUT2D eigenvalue weighted by Crippen LogP contribution is -1.97. The fourth-order valence-corrected chi connectivity index (χ4v) is 1.32. The van der Waals surface area contributed by atoms with Crippen molar-refractivity contribution in [2.45, 2.75) is 0 Å². The Morgan fingerprint density at radius 1 is 1.23 bits per heavy atom. The first-order valence-corrected chi connectivity index (χ1v) is 4.49. The molecule has 0 fully saturated rings. The Balaban J connectivity index is 2.92. The van der Waals surface area contributed by atoms with Gasteiger partial charge in [-0.1, -0.05) is 34.8 Å². The van der Waals surface area contributed by atoms with Crippen LogP contribution < -0.4 is 4.74 Å². The molecule has 13 heavy (non-hydrogen) atoms. The Bertz CT molecular complexity index is 302. The average molecular weight is 239 g/mol. The summed E-state index contributed by atoms with van der Waals surface area (Å²) in [5.74, 6) is 0.423. The predicted molar refractivity (Wildman–Crippen MR) is 53.0 cm³/mol. The highest BCUT2D eigenvalue weighted by atomic mass is 35.5. The van der Waals surface area contributed by atoms with Crippen LogP contribution >= 0.6 is 34.8 Å². The molecule has 0 unspecified atom stereocenters. The fourth-order valence-electron chi connectivity index (χ4n) is 0.746. The summed E-state index contributed by atoms with van der Waals surface area (Å²) in [5.41, 5.74) is 0. The molecule has 0 amide bonds. The summed E-state index contributed by atoms with van der Waals surface area (Å²) in [6.45, 7) is -0.0334. The van der Waals surface area contributed by atoms with Gasteiger partial charge in [-0.2, -0.15) is 0 Å². The molecular weight excluding hydrogens is 234 g/mol. The minimum atomic E-state index is -0.0334. The maximum atomic E-state index is 10.00. The zero-order valence-corrected chi connectivity index (χ0v) is 8.66. The number of carbonyl (C=O) groups is 1. The predicted octanol–water partition coefficient (Wildman–Crippen LogP) is 3.22. The summed E-state index contributed by atoms with van der Waals surface area (Å²) in [4.78, 5) is 10.00. The van der Waals surface area contributed by atoms with Crippen LogP contribution in [0.3, 0.4) is 0 Å². The Hall–Kier alpha value is -0.440. The molecule has 0 aliphatic rings. The number of halogens is 3. The summed E-state index contributed by atoms with van der Waals surface area (Å²) in [6, 6.07) is 3.00. The fraction of sp³-hybridized carbons (Fsp3) is 0.125. The number of carbonyl (C=O) groups excluding carboxylic acids is 1. The van der Waals surface area contributed by atoms with Gasteiger partial charge in [-0.25, -0.2) is 0 Å². The molecule has 1 aromatic rings. The molecule has 2 nitrogen and oxygen atoms in total. The third kappa shape index (κ3) is 2.76. The molecule has 1 aromatic carbocycles. The first-order chi connectivity index (χ1) is 6.15. The molecular formula is C8H5Cl3O2.